The number of aromatic nitrogens is 2. The highest BCUT2D eigenvalue weighted by Crippen LogP contribution is 2.43. The minimum atomic E-state index is -2.26. The predicted molar refractivity (Wildman–Crippen MR) is 206 cm³/mol. The Morgan fingerprint density at radius 1 is 0.653 bits per heavy atom. The number of furan rings is 1. The molecule has 0 saturated heterocycles. The molecule has 49 heavy (non-hydrogen) atoms. The van der Waals surface area contributed by atoms with Crippen molar-refractivity contribution in [1.82, 2.24) is 4.57 Å². The van der Waals surface area contributed by atoms with E-state index in [1.165, 1.54) is 22.3 Å². The fourth-order valence-electron chi connectivity index (χ4n) is 7.51. The van der Waals surface area contributed by atoms with Gasteiger partial charge in [-0.3, -0.25) is 0 Å². The SMILES string of the molecule is [2H]C([2H])([2H])c1ccc2c(c1)n(-c1c(C(C)C)cc(-c3ccc(-c4ccccc4)cc3)cc1C(C)C)c(-c1c(C)ccc3c1oc1ccccc13)[n+]2C. The van der Waals surface area contributed by atoms with Crippen molar-refractivity contribution in [3.05, 3.63) is 144 Å². The highest BCUT2D eigenvalue weighted by atomic mass is 16.3. The fourth-order valence-corrected chi connectivity index (χ4v) is 7.51. The van der Waals surface area contributed by atoms with Gasteiger partial charge in [0, 0.05) is 26.0 Å². The highest BCUT2D eigenvalue weighted by molar-refractivity contribution is 6.10. The summed E-state index contributed by atoms with van der Waals surface area (Å²) in [5, 5.41) is 2.13. The number of imidazole rings is 1. The fraction of sp³-hybridized carbons (Fsp3) is 0.196. The molecule has 8 aromatic rings. The second-order valence-electron chi connectivity index (χ2n) is 13.9. The second-order valence-corrected chi connectivity index (χ2v) is 13.9. The van der Waals surface area contributed by atoms with Gasteiger partial charge in [0.15, 0.2) is 16.6 Å². The van der Waals surface area contributed by atoms with Gasteiger partial charge in [-0.15, -0.1) is 0 Å². The Kier molecular flexibility index (Phi) is 6.70. The predicted octanol–water partition coefficient (Wildman–Crippen LogP) is 12.2. The molecular weight excluding hydrogens is 597 g/mol. The van der Waals surface area contributed by atoms with Crippen LogP contribution in [0.3, 0.4) is 0 Å². The molecular formula is C46H43N2O+. The molecule has 0 radical (unpaired) electrons. The number of benzene rings is 6. The van der Waals surface area contributed by atoms with Crippen molar-refractivity contribution in [3.63, 3.8) is 0 Å². The maximum atomic E-state index is 8.37. The van der Waals surface area contributed by atoms with Gasteiger partial charge in [-0.1, -0.05) is 119 Å². The molecule has 0 atom stereocenters. The van der Waals surface area contributed by atoms with E-state index in [-0.39, 0.29) is 11.8 Å². The molecule has 0 spiro atoms. The smallest absolute Gasteiger partial charge is 0.299 e. The van der Waals surface area contributed by atoms with Crippen LogP contribution in [0.2, 0.25) is 0 Å². The van der Waals surface area contributed by atoms with Crippen LogP contribution in [-0.2, 0) is 7.05 Å². The Morgan fingerprint density at radius 3 is 1.96 bits per heavy atom. The molecule has 3 heteroatoms. The lowest BCUT2D eigenvalue weighted by Gasteiger charge is -2.21. The minimum Gasteiger partial charge on any atom is -0.455 e. The van der Waals surface area contributed by atoms with E-state index in [0.717, 1.165) is 66.7 Å². The summed E-state index contributed by atoms with van der Waals surface area (Å²) in [5.41, 5.74) is 14.0. The zero-order valence-electron chi connectivity index (χ0n) is 32.0. The average molecular weight is 643 g/mol. The molecule has 242 valence electrons. The Hall–Kier alpha value is -5.41. The first-order valence-corrected chi connectivity index (χ1v) is 17.2. The first-order valence-electron chi connectivity index (χ1n) is 18.7. The molecule has 0 aliphatic carbocycles. The minimum absolute atomic E-state index is 0.167. The lowest BCUT2D eigenvalue weighted by atomic mass is 9.87. The molecule has 2 aromatic heterocycles. The standard InChI is InChI=1S/C46H43N2O/c1-28(2)38-26-35(34-21-19-33(20-22-34)32-13-9-8-10-14-32)27-39(29(3)4)44(38)48-41-25-30(5)17-24-40(41)47(7)46(48)43-31(6)18-23-37-36-15-11-12-16-42(36)49-45(37)43/h8-29H,1-7H3/q+1/i5D3. The van der Waals surface area contributed by atoms with Crippen molar-refractivity contribution in [3.8, 4) is 39.3 Å². The van der Waals surface area contributed by atoms with Crippen LogP contribution >= 0.6 is 0 Å². The second kappa shape index (κ2) is 11.9. The molecule has 3 nitrogen and oxygen atoms in total. The van der Waals surface area contributed by atoms with E-state index in [9.17, 15) is 0 Å². The lowest BCUT2D eigenvalue weighted by molar-refractivity contribution is -0.633. The molecule has 8 rings (SSSR count). The third-order valence-electron chi connectivity index (χ3n) is 10.0. The van der Waals surface area contributed by atoms with Crippen LogP contribution in [0.4, 0.5) is 0 Å². The van der Waals surface area contributed by atoms with Crippen molar-refractivity contribution < 1.29 is 13.1 Å². The van der Waals surface area contributed by atoms with E-state index in [1.807, 2.05) is 36.4 Å². The van der Waals surface area contributed by atoms with E-state index in [2.05, 4.69) is 130 Å². The van der Waals surface area contributed by atoms with Crippen molar-refractivity contribution in [1.29, 1.82) is 0 Å². The number of nitrogens with zero attached hydrogens (tertiary/aromatic N) is 2. The van der Waals surface area contributed by atoms with Crippen LogP contribution in [0.5, 0.6) is 0 Å². The quantitative estimate of drug-likeness (QED) is 0.165. The number of para-hydroxylation sites is 1. The third kappa shape index (κ3) is 5.07. The first-order chi connectivity index (χ1) is 24.9. The summed E-state index contributed by atoms with van der Waals surface area (Å²) in [6, 6.07) is 42.0. The maximum absolute atomic E-state index is 8.37. The van der Waals surface area contributed by atoms with Gasteiger partial charge in [-0.05, 0) is 89.3 Å². The summed E-state index contributed by atoms with van der Waals surface area (Å²) in [6.45, 7) is 8.86. The lowest BCUT2D eigenvalue weighted by Crippen LogP contribution is -2.30. The third-order valence-corrected chi connectivity index (χ3v) is 10.0. The van der Waals surface area contributed by atoms with Crippen molar-refractivity contribution in [2.45, 2.75) is 53.3 Å². The van der Waals surface area contributed by atoms with Crippen LogP contribution in [0, 0.1) is 13.8 Å². The summed E-state index contributed by atoms with van der Waals surface area (Å²) in [6.07, 6.45) is 0. The Balaban J connectivity index is 1.46. The Bertz CT molecular complexity index is 2600. The maximum Gasteiger partial charge on any atom is 0.299 e. The number of rotatable bonds is 6. The van der Waals surface area contributed by atoms with Gasteiger partial charge in [0.1, 0.15) is 16.8 Å². The number of aryl methyl sites for hydroxylation is 3. The van der Waals surface area contributed by atoms with Gasteiger partial charge in [-0.25, -0.2) is 4.57 Å². The molecule has 0 fully saturated rings. The first kappa shape index (κ1) is 27.5. The van der Waals surface area contributed by atoms with Crippen LogP contribution in [-0.4, -0.2) is 4.57 Å². The van der Waals surface area contributed by atoms with Crippen molar-refractivity contribution in [2.75, 3.05) is 0 Å². The van der Waals surface area contributed by atoms with Gasteiger partial charge < -0.3 is 4.42 Å². The topological polar surface area (TPSA) is 21.9 Å². The van der Waals surface area contributed by atoms with Crippen LogP contribution in [0.1, 0.15) is 65.9 Å². The molecule has 2 heterocycles. The number of hydrogen-bond donors (Lipinski definition) is 0. The summed E-state index contributed by atoms with van der Waals surface area (Å²) in [5.74, 6) is 1.28. The van der Waals surface area contributed by atoms with Crippen LogP contribution < -0.4 is 4.57 Å². The van der Waals surface area contributed by atoms with Crippen LogP contribution in [0.15, 0.2) is 126 Å². The number of fused-ring (bicyclic) bond motifs is 4. The average Bonchev–Trinajstić information content (AvgIpc) is 3.65. The van der Waals surface area contributed by atoms with E-state index in [0.29, 0.717) is 5.56 Å². The zero-order chi connectivity index (χ0) is 36.5. The summed E-state index contributed by atoms with van der Waals surface area (Å²) < 4.78 is 36.3. The molecule has 0 aliphatic rings. The zero-order valence-corrected chi connectivity index (χ0v) is 29.0. The van der Waals surface area contributed by atoms with Gasteiger partial charge in [0.05, 0.1) is 7.05 Å². The summed E-state index contributed by atoms with van der Waals surface area (Å²) in [4.78, 5) is 0. The van der Waals surface area contributed by atoms with Gasteiger partial charge >= 0.3 is 0 Å². The Labute approximate surface area is 293 Å². The molecule has 0 unspecified atom stereocenters. The molecule has 0 aliphatic heterocycles. The van der Waals surface area contributed by atoms with E-state index >= 15 is 0 Å². The molecule has 0 N–H and O–H groups in total. The summed E-state index contributed by atoms with van der Waals surface area (Å²) in [7, 11) is 2.08. The monoisotopic (exact) mass is 642 g/mol. The number of hydrogen-bond acceptors (Lipinski definition) is 1. The van der Waals surface area contributed by atoms with Crippen LogP contribution in [0.25, 0.3) is 72.3 Å². The van der Waals surface area contributed by atoms with Gasteiger partial charge in [-0.2, -0.15) is 4.57 Å². The molecule has 6 aromatic carbocycles. The Morgan fingerprint density at radius 2 is 1.29 bits per heavy atom. The largest absolute Gasteiger partial charge is 0.455 e. The normalized spacial score (nSPS) is 13.1. The van der Waals surface area contributed by atoms with Crippen molar-refractivity contribution >= 4 is 33.0 Å². The highest BCUT2D eigenvalue weighted by Gasteiger charge is 2.34. The molecule has 0 bridgehead atoms. The van der Waals surface area contributed by atoms with E-state index in [4.69, 9.17) is 8.53 Å². The van der Waals surface area contributed by atoms with Gasteiger partial charge in [0.2, 0.25) is 0 Å². The van der Waals surface area contributed by atoms with Gasteiger partial charge in [0.25, 0.3) is 5.82 Å². The molecule has 0 amide bonds. The van der Waals surface area contributed by atoms with Crippen molar-refractivity contribution in [2.24, 2.45) is 7.05 Å². The summed E-state index contributed by atoms with van der Waals surface area (Å²) >= 11 is 0. The molecule has 0 saturated carbocycles. The van der Waals surface area contributed by atoms with E-state index in [1.54, 1.807) is 6.07 Å². The van der Waals surface area contributed by atoms with E-state index < -0.39 is 6.85 Å².